The summed E-state index contributed by atoms with van der Waals surface area (Å²) in [7, 11) is -2.96. The van der Waals surface area contributed by atoms with Gasteiger partial charge >= 0.3 is 6.18 Å². The van der Waals surface area contributed by atoms with Gasteiger partial charge in [-0.15, -0.1) is 0 Å². The Labute approximate surface area is 196 Å². The first-order chi connectivity index (χ1) is 15.9. The van der Waals surface area contributed by atoms with E-state index in [4.69, 9.17) is 4.78 Å². The predicted octanol–water partition coefficient (Wildman–Crippen LogP) is 4.98. The fourth-order valence-electron chi connectivity index (χ4n) is 4.59. The molecule has 0 bridgehead atoms. The third-order valence-corrected chi connectivity index (χ3v) is 7.41. The van der Waals surface area contributed by atoms with Gasteiger partial charge in [-0.05, 0) is 43.7 Å². The summed E-state index contributed by atoms with van der Waals surface area (Å²) in [6, 6.07) is 3.64. The Balaban J connectivity index is 1.78. The summed E-state index contributed by atoms with van der Waals surface area (Å²) in [5, 5.41) is 14.6. The number of nitrogens with one attached hydrogen (secondary N) is 1. The van der Waals surface area contributed by atoms with E-state index in [0.717, 1.165) is 24.1 Å². The highest BCUT2D eigenvalue weighted by Crippen LogP contribution is 2.38. The molecule has 34 heavy (non-hydrogen) atoms. The average molecular weight is 496 g/mol. The number of alkyl halides is 3. The smallest absolute Gasteiger partial charge is 0.389 e. The highest BCUT2D eigenvalue weighted by Gasteiger charge is 2.31. The Morgan fingerprint density at radius 1 is 1.21 bits per heavy atom. The van der Waals surface area contributed by atoms with Crippen molar-refractivity contribution in [3.05, 3.63) is 42.2 Å². The lowest BCUT2D eigenvalue weighted by atomic mass is 9.85. The van der Waals surface area contributed by atoms with E-state index in [1.54, 1.807) is 23.0 Å². The second kappa shape index (κ2) is 9.26. The molecular weight excluding hydrogens is 467 g/mol. The maximum absolute atomic E-state index is 12.8. The molecule has 1 aliphatic carbocycles. The maximum Gasteiger partial charge on any atom is 0.389 e. The molecule has 2 atom stereocenters. The molecular formula is C23H28F3N5O2S. The third kappa shape index (κ3) is 5.57. The van der Waals surface area contributed by atoms with Gasteiger partial charge in [0.25, 0.3) is 0 Å². The minimum absolute atomic E-state index is 0.0968. The van der Waals surface area contributed by atoms with E-state index in [0.29, 0.717) is 34.6 Å². The summed E-state index contributed by atoms with van der Waals surface area (Å²) in [6.45, 7) is 1.53. The number of hydrogen-bond donors (Lipinski definition) is 2. The summed E-state index contributed by atoms with van der Waals surface area (Å²) in [5.41, 5.74) is 2.99. The van der Waals surface area contributed by atoms with E-state index in [2.05, 4.69) is 15.1 Å². The molecule has 0 aromatic carbocycles. The number of pyridine rings is 1. The fourth-order valence-corrected chi connectivity index (χ4v) is 5.21. The van der Waals surface area contributed by atoms with Crippen LogP contribution in [0.15, 0.2) is 35.6 Å². The lowest BCUT2D eigenvalue weighted by molar-refractivity contribution is -0.143. The van der Waals surface area contributed by atoms with Crippen molar-refractivity contribution in [3.8, 4) is 11.1 Å². The summed E-state index contributed by atoms with van der Waals surface area (Å²) in [6.07, 6.45) is 3.47. The summed E-state index contributed by atoms with van der Waals surface area (Å²) < 4.78 is 60.3. The van der Waals surface area contributed by atoms with Crippen LogP contribution in [0.5, 0.6) is 0 Å². The van der Waals surface area contributed by atoms with Gasteiger partial charge in [0.05, 0.1) is 32.4 Å². The number of rotatable bonds is 6. The van der Waals surface area contributed by atoms with Gasteiger partial charge in [0.2, 0.25) is 0 Å². The molecule has 4 rings (SSSR count). The van der Waals surface area contributed by atoms with Crippen molar-refractivity contribution in [2.45, 2.75) is 68.5 Å². The molecule has 7 nitrogen and oxygen atoms in total. The zero-order valence-corrected chi connectivity index (χ0v) is 19.9. The van der Waals surface area contributed by atoms with E-state index in [-0.39, 0.29) is 18.4 Å². The van der Waals surface area contributed by atoms with Crippen LogP contribution in [0.2, 0.25) is 0 Å². The standard InChI is InChI=1S/C23H28F3N5O2S/c1-14(10-23(24,25)26)7-22-29-13-21-19(16-8-18(12-28-11-16)34(2,27)33)9-20(31(21)30-22)15-3-5-17(32)6-4-15/h8-9,11-15,17,27,32H,3-7,10H2,1-2H3/t14-,15?,17?,34-/m1/s1. The molecule has 3 aromatic rings. The van der Waals surface area contributed by atoms with Crippen molar-refractivity contribution < 1.29 is 22.5 Å². The first kappa shape index (κ1) is 24.6. The second-order valence-electron chi connectivity index (χ2n) is 9.34. The van der Waals surface area contributed by atoms with Gasteiger partial charge in [-0.25, -0.2) is 18.5 Å². The number of hydrogen-bond acceptors (Lipinski definition) is 6. The second-order valence-corrected chi connectivity index (χ2v) is 11.5. The molecule has 184 valence electrons. The molecule has 11 heteroatoms. The Hall–Kier alpha value is -2.53. The molecule has 3 heterocycles. The number of aromatic nitrogens is 4. The Morgan fingerprint density at radius 2 is 1.91 bits per heavy atom. The molecule has 1 saturated carbocycles. The van der Waals surface area contributed by atoms with Gasteiger partial charge in [-0.1, -0.05) is 6.92 Å². The highest BCUT2D eigenvalue weighted by molar-refractivity contribution is 7.91. The van der Waals surface area contributed by atoms with Crippen LogP contribution in [0.4, 0.5) is 13.2 Å². The van der Waals surface area contributed by atoms with Crippen molar-refractivity contribution in [2.75, 3.05) is 6.26 Å². The van der Waals surface area contributed by atoms with Crippen LogP contribution in [0.3, 0.4) is 0 Å². The summed E-state index contributed by atoms with van der Waals surface area (Å²) >= 11 is 0. The quantitative estimate of drug-likeness (QED) is 0.502. The van der Waals surface area contributed by atoms with E-state index in [1.165, 1.54) is 19.4 Å². The first-order valence-electron chi connectivity index (χ1n) is 11.2. The van der Waals surface area contributed by atoms with Gasteiger partial charge in [-0.3, -0.25) is 4.98 Å². The van der Waals surface area contributed by atoms with Crippen LogP contribution < -0.4 is 0 Å². The van der Waals surface area contributed by atoms with Gasteiger partial charge < -0.3 is 5.11 Å². The highest BCUT2D eigenvalue weighted by atomic mass is 32.2. The van der Waals surface area contributed by atoms with Gasteiger partial charge in [0.15, 0.2) is 0 Å². The van der Waals surface area contributed by atoms with Crippen LogP contribution >= 0.6 is 0 Å². The largest absolute Gasteiger partial charge is 0.393 e. The van der Waals surface area contributed by atoms with E-state index >= 15 is 0 Å². The molecule has 0 radical (unpaired) electrons. The third-order valence-electron chi connectivity index (χ3n) is 6.29. The molecule has 0 spiro atoms. The summed E-state index contributed by atoms with van der Waals surface area (Å²) in [5.74, 6) is -0.197. The van der Waals surface area contributed by atoms with Crippen molar-refractivity contribution in [3.63, 3.8) is 0 Å². The van der Waals surface area contributed by atoms with Crippen LogP contribution in [0.25, 0.3) is 16.6 Å². The van der Waals surface area contributed by atoms with E-state index < -0.39 is 28.2 Å². The average Bonchev–Trinajstić information content (AvgIpc) is 3.11. The fraction of sp³-hybridized carbons (Fsp3) is 0.522. The molecule has 0 amide bonds. The molecule has 0 aliphatic heterocycles. The lowest BCUT2D eigenvalue weighted by Gasteiger charge is -2.25. The number of fused-ring (bicyclic) bond motifs is 1. The van der Waals surface area contributed by atoms with Gasteiger partial charge in [0, 0.05) is 54.2 Å². The van der Waals surface area contributed by atoms with Crippen molar-refractivity contribution in [2.24, 2.45) is 5.92 Å². The Kier molecular flexibility index (Phi) is 6.69. The molecule has 2 N–H and O–H groups in total. The zero-order chi connectivity index (χ0) is 24.7. The number of aliphatic hydroxyl groups excluding tert-OH is 1. The topological polar surface area (TPSA) is 104 Å². The number of aliphatic hydroxyl groups is 1. The van der Waals surface area contributed by atoms with E-state index in [9.17, 15) is 22.5 Å². The minimum atomic E-state index is -4.24. The molecule has 0 unspecified atom stereocenters. The molecule has 1 fully saturated rings. The van der Waals surface area contributed by atoms with Crippen molar-refractivity contribution >= 4 is 15.2 Å². The monoisotopic (exact) mass is 495 g/mol. The van der Waals surface area contributed by atoms with E-state index in [1.807, 2.05) is 6.07 Å². The minimum Gasteiger partial charge on any atom is -0.393 e. The number of halogens is 3. The summed E-state index contributed by atoms with van der Waals surface area (Å²) in [4.78, 5) is 8.83. The molecule has 1 aliphatic rings. The zero-order valence-electron chi connectivity index (χ0n) is 19.0. The van der Waals surface area contributed by atoms with Crippen molar-refractivity contribution in [1.82, 2.24) is 19.6 Å². The first-order valence-corrected chi connectivity index (χ1v) is 13.2. The Bertz CT molecular complexity index is 1280. The maximum atomic E-state index is 12.8. The number of nitrogens with zero attached hydrogens (tertiary/aromatic N) is 4. The predicted molar refractivity (Wildman–Crippen MR) is 122 cm³/mol. The van der Waals surface area contributed by atoms with Crippen LogP contribution in [-0.4, -0.2) is 47.4 Å². The van der Waals surface area contributed by atoms with Gasteiger partial charge in [0.1, 0.15) is 5.82 Å². The SMILES string of the molecule is C[C@H](Cc1ncc2c(-c3cncc([S@](C)(=N)=O)c3)cc(C3CCC(O)CC3)n2n1)CC(F)(F)F. The van der Waals surface area contributed by atoms with Crippen molar-refractivity contribution in [1.29, 1.82) is 4.78 Å². The van der Waals surface area contributed by atoms with Gasteiger partial charge in [-0.2, -0.15) is 18.3 Å². The van der Waals surface area contributed by atoms with Crippen LogP contribution in [-0.2, 0) is 16.1 Å². The van der Waals surface area contributed by atoms with Crippen LogP contribution in [0, 0.1) is 10.7 Å². The Morgan fingerprint density at radius 3 is 2.56 bits per heavy atom. The molecule has 0 saturated heterocycles. The molecule has 3 aromatic heterocycles. The lowest BCUT2D eigenvalue weighted by Crippen LogP contribution is -2.19. The normalized spacial score (nSPS) is 21.9. The van der Waals surface area contributed by atoms with Crippen LogP contribution in [0.1, 0.15) is 56.5 Å².